The molecule has 0 saturated carbocycles. The van der Waals surface area contributed by atoms with Crippen molar-refractivity contribution >= 4 is 0 Å². The minimum Gasteiger partial charge on any atom is -0.313 e. The van der Waals surface area contributed by atoms with Gasteiger partial charge in [0.05, 0.1) is 0 Å². The van der Waals surface area contributed by atoms with E-state index in [1.807, 2.05) is 0 Å². The van der Waals surface area contributed by atoms with Gasteiger partial charge in [-0.15, -0.1) is 0 Å². The predicted molar refractivity (Wildman–Crippen MR) is 75.9 cm³/mol. The van der Waals surface area contributed by atoms with Crippen molar-refractivity contribution in [2.75, 3.05) is 26.7 Å². The van der Waals surface area contributed by atoms with Crippen molar-refractivity contribution in [3.63, 3.8) is 0 Å². The molecule has 3 nitrogen and oxygen atoms in total. The monoisotopic (exact) mass is 251 g/mol. The zero-order valence-corrected chi connectivity index (χ0v) is 12.1. The minimum atomic E-state index is 0.709. The van der Waals surface area contributed by atoms with Gasteiger partial charge in [-0.3, -0.25) is 4.90 Å². The van der Waals surface area contributed by atoms with Gasteiger partial charge in [0.25, 0.3) is 0 Å². The van der Waals surface area contributed by atoms with Gasteiger partial charge in [0, 0.05) is 37.3 Å². The first-order chi connectivity index (χ1) is 8.74. The Kier molecular flexibility index (Phi) is 3.92. The van der Waals surface area contributed by atoms with E-state index in [2.05, 4.69) is 29.1 Å². The van der Waals surface area contributed by atoms with Gasteiger partial charge >= 0.3 is 0 Å². The van der Waals surface area contributed by atoms with Crippen molar-refractivity contribution in [2.24, 2.45) is 0 Å². The number of nitrogens with one attached hydrogen (secondary N) is 1. The maximum absolute atomic E-state index is 3.62. The fourth-order valence-corrected chi connectivity index (χ4v) is 4.28. The summed E-state index contributed by atoms with van der Waals surface area (Å²) in [6, 6.07) is 3.32. The molecular formula is C15H29N3. The molecule has 2 bridgehead atoms. The topological polar surface area (TPSA) is 18.5 Å². The fourth-order valence-electron chi connectivity index (χ4n) is 4.28. The van der Waals surface area contributed by atoms with Crippen molar-refractivity contribution in [3.05, 3.63) is 0 Å². The highest BCUT2D eigenvalue weighted by Crippen LogP contribution is 2.34. The Hall–Kier alpha value is -0.120. The third-order valence-corrected chi connectivity index (χ3v) is 5.57. The fraction of sp³-hybridized carbons (Fsp3) is 1.00. The summed E-state index contributed by atoms with van der Waals surface area (Å²) in [5, 5.41) is 3.62. The molecular weight excluding hydrogens is 222 g/mol. The van der Waals surface area contributed by atoms with Crippen LogP contribution in [0.15, 0.2) is 0 Å². The van der Waals surface area contributed by atoms with Crippen LogP contribution in [0.2, 0.25) is 0 Å². The summed E-state index contributed by atoms with van der Waals surface area (Å²) in [7, 11) is 2.36. The quantitative estimate of drug-likeness (QED) is 0.765. The molecule has 3 heterocycles. The van der Waals surface area contributed by atoms with Crippen LogP contribution in [0.3, 0.4) is 0 Å². The second-order valence-corrected chi connectivity index (χ2v) is 6.71. The molecule has 0 aromatic heterocycles. The molecule has 0 amide bonds. The molecule has 104 valence electrons. The van der Waals surface area contributed by atoms with E-state index in [4.69, 9.17) is 0 Å². The van der Waals surface area contributed by atoms with Crippen molar-refractivity contribution < 1.29 is 0 Å². The lowest BCUT2D eigenvalue weighted by Crippen LogP contribution is -2.55. The van der Waals surface area contributed by atoms with Crippen LogP contribution in [-0.4, -0.2) is 60.6 Å². The second kappa shape index (κ2) is 5.48. The van der Waals surface area contributed by atoms with Crippen molar-refractivity contribution in [1.29, 1.82) is 0 Å². The van der Waals surface area contributed by atoms with Crippen LogP contribution in [0.25, 0.3) is 0 Å². The Balaban J connectivity index is 1.62. The number of rotatable bonds is 1. The highest BCUT2D eigenvalue weighted by Gasteiger charge is 2.38. The molecule has 0 aliphatic carbocycles. The lowest BCUT2D eigenvalue weighted by molar-refractivity contribution is 0.0107. The SMILES string of the molecule is CC1CCN(C2CC3CCCC(C2)N3C)CCN1. The van der Waals surface area contributed by atoms with Crippen LogP contribution in [0.1, 0.15) is 45.4 Å². The maximum Gasteiger partial charge on any atom is 0.0126 e. The Labute approximate surface area is 112 Å². The lowest BCUT2D eigenvalue weighted by Gasteiger charge is -2.49. The van der Waals surface area contributed by atoms with E-state index in [-0.39, 0.29) is 0 Å². The van der Waals surface area contributed by atoms with E-state index in [1.165, 1.54) is 58.2 Å². The van der Waals surface area contributed by atoms with Gasteiger partial charge in [0.2, 0.25) is 0 Å². The summed E-state index contributed by atoms with van der Waals surface area (Å²) < 4.78 is 0. The van der Waals surface area contributed by atoms with E-state index in [1.54, 1.807) is 0 Å². The Morgan fingerprint density at radius 1 is 0.944 bits per heavy atom. The molecule has 3 fully saturated rings. The molecule has 3 aliphatic heterocycles. The number of nitrogens with zero attached hydrogens (tertiary/aromatic N) is 2. The molecule has 0 aromatic carbocycles. The normalized spacial score (nSPS) is 43.7. The van der Waals surface area contributed by atoms with Crippen LogP contribution in [0, 0.1) is 0 Å². The van der Waals surface area contributed by atoms with Gasteiger partial charge in [0.1, 0.15) is 0 Å². The molecule has 3 aliphatic rings. The average Bonchev–Trinajstić information content (AvgIpc) is 2.54. The smallest absolute Gasteiger partial charge is 0.0126 e. The zero-order chi connectivity index (χ0) is 12.5. The van der Waals surface area contributed by atoms with Gasteiger partial charge < -0.3 is 10.2 Å². The summed E-state index contributed by atoms with van der Waals surface area (Å²) in [6.45, 7) is 6.08. The third-order valence-electron chi connectivity index (χ3n) is 5.57. The van der Waals surface area contributed by atoms with E-state index in [9.17, 15) is 0 Å². The van der Waals surface area contributed by atoms with Crippen molar-refractivity contribution in [3.8, 4) is 0 Å². The van der Waals surface area contributed by atoms with E-state index >= 15 is 0 Å². The van der Waals surface area contributed by atoms with Gasteiger partial charge in [0.15, 0.2) is 0 Å². The van der Waals surface area contributed by atoms with Gasteiger partial charge in [-0.05, 0) is 52.6 Å². The molecule has 1 N–H and O–H groups in total. The summed E-state index contributed by atoms with van der Waals surface area (Å²) in [4.78, 5) is 5.47. The standard InChI is InChI=1S/C15H29N3/c1-12-6-8-18(9-7-16-12)15-10-13-4-3-5-14(11-15)17(13)2/h12-16H,3-11H2,1-2H3. The van der Waals surface area contributed by atoms with E-state index in [0.717, 1.165) is 18.1 Å². The van der Waals surface area contributed by atoms with Gasteiger partial charge in [-0.2, -0.15) is 0 Å². The number of piperidine rings is 2. The van der Waals surface area contributed by atoms with E-state index < -0.39 is 0 Å². The second-order valence-electron chi connectivity index (χ2n) is 6.71. The summed E-state index contributed by atoms with van der Waals surface area (Å²) in [5.41, 5.74) is 0. The van der Waals surface area contributed by atoms with Crippen molar-refractivity contribution in [2.45, 2.75) is 69.6 Å². The molecule has 0 radical (unpaired) electrons. The Bertz CT molecular complexity index is 267. The molecule has 0 spiro atoms. The summed E-state index contributed by atoms with van der Waals surface area (Å²) in [6.07, 6.45) is 8.49. The van der Waals surface area contributed by atoms with E-state index in [0.29, 0.717) is 6.04 Å². The highest BCUT2D eigenvalue weighted by atomic mass is 15.2. The maximum atomic E-state index is 3.62. The van der Waals surface area contributed by atoms with Crippen LogP contribution in [0.4, 0.5) is 0 Å². The largest absolute Gasteiger partial charge is 0.313 e. The van der Waals surface area contributed by atoms with Crippen LogP contribution < -0.4 is 5.32 Å². The number of hydrogen-bond acceptors (Lipinski definition) is 3. The Morgan fingerprint density at radius 2 is 1.67 bits per heavy atom. The van der Waals surface area contributed by atoms with Crippen LogP contribution in [0.5, 0.6) is 0 Å². The summed E-state index contributed by atoms with van der Waals surface area (Å²) >= 11 is 0. The van der Waals surface area contributed by atoms with Crippen molar-refractivity contribution in [1.82, 2.24) is 15.1 Å². The van der Waals surface area contributed by atoms with Crippen LogP contribution >= 0.6 is 0 Å². The molecule has 0 aromatic rings. The first-order valence-corrected chi connectivity index (χ1v) is 7.93. The molecule has 3 unspecified atom stereocenters. The average molecular weight is 251 g/mol. The molecule has 3 heteroatoms. The minimum absolute atomic E-state index is 0.709. The zero-order valence-electron chi connectivity index (χ0n) is 12.1. The molecule has 3 rings (SSSR count). The first-order valence-electron chi connectivity index (χ1n) is 7.93. The highest BCUT2D eigenvalue weighted by molar-refractivity contribution is 4.95. The van der Waals surface area contributed by atoms with Crippen LogP contribution in [-0.2, 0) is 0 Å². The Morgan fingerprint density at radius 3 is 2.39 bits per heavy atom. The third kappa shape index (κ3) is 2.59. The lowest BCUT2D eigenvalue weighted by atomic mass is 9.81. The summed E-state index contributed by atoms with van der Waals surface area (Å²) in [5.74, 6) is 0. The van der Waals surface area contributed by atoms with Gasteiger partial charge in [-0.1, -0.05) is 6.42 Å². The number of fused-ring (bicyclic) bond motifs is 2. The molecule has 3 atom stereocenters. The predicted octanol–water partition coefficient (Wildman–Crippen LogP) is 1.69. The number of hydrogen-bond donors (Lipinski definition) is 1. The molecule has 3 saturated heterocycles. The molecule has 18 heavy (non-hydrogen) atoms. The van der Waals surface area contributed by atoms with Gasteiger partial charge in [-0.25, -0.2) is 0 Å². The first kappa shape index (κ1) is 12.9.